The highest BCUT2D eigenvalue weighted by atomic mass is 127. The van der Waals surface area contributed by atoms with Crippen LogP contribution in [0.3, 0.4) is 0 Å². The van der Waals surface area contributed by atoms with E-state index in [0.717, 1.165) is 84.4 Å². The van der Waals surface area contributed by atoms with Crippen molar-refractivity contribution in [3.63, 3.8) is 0 Å². The Balaban J connectivity index is 0.00000420. The minimum Gasteiger partial charge on any atom is -0.381 e. The van der Waals surface area contributed by atoms with Gasteiger partial charge in [-0.15, -0.1) is 24.0 Å². The van der Waals surface area contributed by atoms with Crippen molar-refractivity contribution in [3.05, 3.63) is 35.9 Å². The minimum absolute atomic E-state index is 0. The highest BCUT2D eigenvalue weighted by Gasteiger charge is 2.16. The van der Waals surface area contributed by atoms with Crippen molar-refractivity contribution < 1.29 is 9.47 Å². The molecule has 1 aliphatic heterocycles. The Hall–Kier alpha value is -0.900. The number of benzene rings is 1. The number of unbranched alkanes of at least 4 members (excludes halogenated alkanes) is 1. The molecule has 29 heavy (non-hydrogen) atoms. The van der Waals surface area contributed by atoms with Gasteiger partial charge in [0.2, 0.25) is 0 Å². The molecule has 0 aliphatic carbocycles. The molecule has 166 valence electrons. The van der Waals surface area contributed by atoms with Crippen LogP contribution in [0.2, 0.25) is 0 Å². The van der Waals surface area contributed by atoms with Crippen LogP contribution in [-0.2, 0) is 15.9 Å². The maximum atomic E-state index is 5.75. The van der Waals surface area contributed by atoms with Gasteiger partial charge in [-0.3, -0.25) is 9.89 Å². The van der Waals surface area contributed by atoms with E-state index < -0.39 is 0 Å². The SMILES string of the molecule is CCNC(=NCC(C)N1CCOCC1)NCCCCOCCc1ccccc1.I. The molecule has 6 nitrogen and oxygen atoms in total. The summed E-state index contributed by atoms with van der Waals surface area (Å²) in [4.78, 5) is 7.20. The lowest BCUT2D eigenvalue weighted by molar-refractivity contribution is 0.0220. The van der Waals surface area contributed by atoms with Crippen LogP contribution in [0.15, 0.2) is 35.3 Å². The van der Waals surface area contributed by atoms with Crippen LogP contribution in [-0.4, -0.2) is 76.1 Å². The maximum Gasteiger partial charge on any atom is 0.191 e. The Kier molecular flexibility index (Phi) is 15.2. The Bertz CT molecular complexity index is 539. The summed E-state index contributed by atoms with van der Waals surface area (Å²) >= 11 is 0. The fraction of sp³-hybridized carbons (Fsp3) is 0.682. The molecule has 2 N–H and O–H groups in total. The number of guanidine groups is 1. The molecule has 0 amide bonds. The van der Waals surface area contributed by atoms with Gasteiger partial charge < -0.3 is 20.1 Å². The summed E-state index contributed by atoms with van der Waals surface area (Å²) in [7, 11) is 0. The van der Waals surface area contributed by atoms with E-state index >= 15 is 0 Å². The van der Waals surface area contributed by atoms with Crippen LogP contribution >= 0.6 is 24.0 Å². The van der Waals surface area contributed by atoms with Gasteiger partial charge in [0.25, 0.3) is 0 Å². The van der Waals surface area contributed by atoms with Crippen LogP contribution in [0.25, 0.3) is 0 Å². The third kappa shape index (κ3) is 11.8. The molecule has 1 fully saturated rings. The second-order valence-electron chi connectivity index (χ2n) is 7.20. The third-order valence-corrected chi connectivity index (χ3v) is 4.91. The molecule has 7 heteroatoms. The van der Waals surface area contributed by atoms with Gasteiger partial charge >= 0.3 is 0 Å². The van der Waals surface area contributed by atoms with E-state index in [9.17, 15) is 0 Å². The van der Waals surface area contributed by atoms with Crippen molar-refractivity contribution in [1.82, 2.24) is 15.5 Å². The molecule has 1 saturated heterocycles. The van der Waals surface area contributed by atoms with E-state index in [4.69, 9.17) is 14.5 Å². The zero-order valence-electron chi connectivity index (χ0n) is 18.1. The normalized spacial score (nSPS) is 16.1. The van der Waals surface area contributed by atoms with E-state index in [-0.39, 0.29) is 24.0 Å². The second-order valence-corrected chi connectivity index (χ2v) is 7.20. The largest absolute Gasteiger partial charge is 0.381 e. The number of hydrogen-bond donors (Lipinski definition) is 2. The van der Waals surface area contributed by atoms with Crippen molar-refractivity contribution in [2.75, 3.05) is 59.2 Å². The molecule has 1 atom stereocenters. The molecule has 2 rings (SSSR count). The van der Waals surface area contributed by atoms with Crippen LogP contribution in [0.4, 0.5) is 0 Å². The van der Waals surface area contributed by atoms with E-state index in [1.165, 1.54) is 5.56 Å². The minimum atomic E-state index is 0. The standard InChI is InChI=1S/C22H38N4O2.HI/c1-3-23-22(25-19-20(2)26-13-17-28-18-14-26)24-12-7-8-15-27-16-11-21-9-5-4-6-10-21;/h4-6,9-10,20H,3,7-8,11-19H2,1-2H3,(H2,23,24,25);1H. The van der Waals surface area contributed by atoms with Crippen LogP contribution < -0.4 is 10.6 Å². The van der Waals surface area contributed by atoms with Crippen molar-refractivity contribution in [2.45, 2.75) is 39.2 Å². The monoisotopic (exact) mass is 518 g/mol. The Labute approximate surface area is 193 Å². The number of morpholine rings is 1. The molecule has 1 aliphatic rings. The first-order chi connectivity index (χ1) is 13.8. The average Bonchev–Trinajstić information content (AvgIpc) is 2.75. The van der Waals surface area contributed by atoms with Crippen molar-refractivity contribution in [1.29, 1.82) is 0 Å². The zero-order valence-corrected chi connectivity index (χ0v) is 20.4. The Morgan fingerprint density at radius 1 is 1.14 bits per heavy atom. The number of hydrogen-bond acceptors (Lipinski definition) is 4. The lowest BCUT2D eigenvalue weighted by Crippen LogP contribution is -2.44. The lowest BCUT2D eigenvalue weighted by atomic mass is 10.2. The van der Waals surface area contributed by atoms with E-state index in [1.54, 1.807) is 0 Å². The predicted octanol–water partition coefficient (Wildman–Crippen LogP) is 2.92. The summed E-state index contributed by atoms with van der Waals surface area (Å²) in [6.07, 6.45) is 3.12. The second kappa shape index (κ2) is 16.8. The summed E-state index contributed by atoms with van der Waals surface area (Å²) in [5.74, 6) is 0.910. The van der Waals surface area contributed by atoms with Crippen LogP contribution in [0.1, 0.15) is 32.3 Å². The van der Waals surface area contributed by atoms with Crippen molar-refractivity contribution in [3.8, 4) is 0 Å². The fourth-order valence-electron chi connectivity index (χ4n) is 3.17. The topological polar surface area (TPSA) is 58.1 Å². The number of nitrogens with one attached hydrogen (secondary N) is 2. The third-order valence-electron chi connectivity index (χ3n) is 4.91. The fourth-order valence-corrected chi connectivity index (χ4v) is 3.17. The molecule has 0 spiro atoms. The van der Waals surface area contributed by atoms with Crippen molar-refractivity contribution >= 4 is 29.9 Å². The lowest BCUT2D eigenvalue weighted by Gasteiger charge is -2.31. The first-order valence-electron chi connectivity index (χ1n) is 10.7. The van der Waals surface area contributed by atoms with Gasteiger partial charge in [-0.2, -0.15) is 0 Å². The average molecular weight is 518 g/mol. The number of nitrogens with zero attached hydrogens (tertiary/aromatic N) is 2. The molecule has 1 aromatic rings. The summed E-state index contributed by atoms with van der Waals surface area (Å²) in [5, 5.41) is 6.77. The van der Waals surface area contributed by atoms with Crippen molar-refractivity contribution in [2.24, 2.45) is 4.99 Å². The highest BCUT2D eigenvalue weighted by molar-refractivity contribution is 14.0. The molecule has 1 unspecified atom stereocenters. The molecule has 0 radical (unpaired) electrons. The molecule has 1 heterocycles. The maximum absolute atomic E-state index is 5.75. The quantitative estimate of drug-likeness (QED) is 0.193. The van der Waals surface area contributed by atoms with Gasteiger partial charge in [0.1, 0.15) is 0 Å². The zero-order chi connectivity index (χ0) is 19.9. The number of ether oxygens (including phenoxy) is 2. The van der Waals surface area contributed by atoms with Gasteiger partial charge in [0.15, 0.2) is 5.96 Å². The first kappa shape index (κ1) is 26.1. The van der Waals surface area contributed by atoms with Crippen LogP contribution in [0, 0.1) is 0 Å². The summed E-state index contributed by atoms with van der Waals surface area (Å²) in [6, 6.07) is 10.9. The first-order valence-corrected chi connectivity index (χ1v) is 10.7. The van der Waals surface area contributed by atoms with Gasteiger partial charge in [-0.05, 0) is 38.7 Å². The number of halogens is 1. The summed E-state index contributed by atoms with van der Waals surface area (Å²) < 4.78 is 11.2. The Morgan fingerprint density at radius 2 is 1.90 bits per heavy atom. The number of rotatable bonds is 12. The molecule has 0 bridgehead atoms. The molecule has 0 saturated carbocycles. The molecular formula is C22H39IN4O2. The van der Waals surface area contributed by atoms with Gasteiger partial charge in [0, 0.05) is 38.8 Å². The summed E-state index contributed by atoms with van der Waals surface area (Å²) in [5.41, 5.74) is 1.34. The van der Waals surface area contributed by atoms with Crippen LogP contribution in [0.5, 0.6) is 0 Å². The summed E-state index contributed by atoms with van der Waals surface area (Å²) in [6.45, 7) is 12.2. The number of aliphatic imine (C=N–C) groups is 1. The van der Waals surface area contributed by atoms with Gasteiger partial charge in [-0.1, -0.05) is 30.3 Å². The molecular weight excluding hydrogens is 479 g/mol. The van der Waals surface area contributed by atoms with E-state index in [0.29, 0.717) is 6.04 Å². The molecule has 0 aromatic heterocycles. The van der Waals surface area contributed by atoms with E-state index in [1.807, 2.05) is 6.07 Å². The van der Waals surface area contributed by atoms with Gasteiger partial charge in [0.05, 0.1) is 26.4 Å². The molecule has 1 aromatic carbocycles. The Morgan fingerprint density at radius 3 is 2.62 bits per heavy atom. The highest BCUT2D eigenvalue weighted by Crippen LogP contribution is 2.04. The smallest absolute Gasteiger partial charge is 0.191 e. The van der Waals surface area contributed by atoms with E-state index in [2.05, 4.69) is 53.6 Å². The van der Waals surface area contributed by atoms with Gasteiger partial charge in [-0.25, -0.2) is 0 Å². The predicted molar refractivity (Wildman–Crippen MR) is 131 cm³/mol.